The Morgan fingerprint density at radius 1 is 0.800 bits per heavy atom. The average molecular weight is 328 g/mol. The highest BCUT2D eigenvalue weighted by atomic mass is 16.5. The van der Waals surface area contributed by atoms with Crippen LogP contribution in [0.1, 0.15) is 16.7 Å². The van der Waals surface area contributed by atoms with Crippen LogP contribution in [0.25, 0.3) is 6.08 Å². The fourth-order valence-corrected chi connectivity index (χ4v) is 3.41. The first-order valence-electron chi connectivity index (χ1n) is 8.21. The van der Waals surface area contributed by atoms with E-state index in [1.165, 1.54) is 0 Å². The van der Waals surface area contributed by atoms with E-state index in [1.54, 1.807) is 7.11 Å². The lowest BCUT2D eigenvalue weighted by atomic mass is 9.79. The van der Waals surface area contributed by atoms with Gasteiger partial charge in [-0.2, -0.15) is 0 Å². The lowest BCUT2D eigenvalue weighted by Gasteiger charge is -2.41. The van der Waals surface area contributed by atoms with Gasteiger partial charge in [-0.1, -0.05) is 71.9 Å². The van der Waals surface area contributed by atoms with Crippen LogP contribution in [0, 0.1) is 0 Å². The summed E-state index contributed by atoms with van der Waals surface area (Å²) in [5, 5.41) is 14.6. The Labute approximate surface area is 147 Å². The highest BCUT2D eigenvalue weighted by Crippen LogP contribution is 2.44. The number of ether oxygens (including phenoxy) is 1. The normalized spacial score (nSPS) is 18.7. The first-order chi connectivity index (χ1) is 12.3. The second-order valence-electron chi connectivity index (χ2n) is 6.05. The zero-order chi connectivity index (χ0) is 17.3. The van der Waals surface area contributed by atoms with E-state index in [2.05, 4.69) is 0 Å². The summed E-state index contributed by atoms with van der Waals surface area (Å²) in [5.41, 5.74) is 2.53. The Morgan fingerprint density at radius 2 is 1.44 bits per heavy atom. The maximum atomic E-state index is 13.5. The van der Waals surface area contributed by atoms with Crippen LogP contribution in [0.4, 0.5) is 5.69 Å². The number of rotatable bonds is 3. The summed E-state index contributed by atoms with van der Waals surface area (Å²) in [6, 6.07) is 25.2. The molecule has 0 aliphatic carbocycles. The van der Waals surface area contributed by atoms with Crippen molar-refractivity contribution in [3.8, 4) is 5.75 Å². The minimum absolute atomic E-state index is 0.671. The highest BCUT2D eigenvalue weighted by molar-refractivity contribution is 5.75. The van der Waals surface area contributed by atoms with Gasteiger partial charge in [0.25, 0.3) is 0 Å². The number of nitrogens with zero attached hydrogens (tertiary/aromatic N) is 1. The van der Waals surface area contributed by atoms with E-state index in [0.717, 1.165) is 27.5 Å². The van der Waals surface area contributed by atoms with E-state index in [-0.39, 0.29) is 0 Å². The first kappa shape index (κ1) is 15.5. The molecular formula is C22H18NO2. The fraction of sp³-hybridized carbons (Fsp3) is 0.0909. The third-order valence-electron chi connectivity index (χ3n) is 4.72. The molecule has 0 saturated heterocycles. The Kier molecular flexibility index (Phi) is 3.79. The average Bonchev–Trinajstić information content (AvgIpc) is 2.70. The van der Waals surface area contributed by atoms with Crippen LogP contribution in [-0.2, 0) is 10.7 Å². The molecule has 0 fully saturated rings. The number of methoxy groups -OCH3 is 1. The monoisotopic (exact) mass is 328 g/mol. The molecule has 0 N–H and O–H groups in total. The van der Waals surface area contributed by atoms with E-state index < -0.39 is 5.54 Å². The van der Waals surface area contributed by atoms with Crippen molar-refractivity contribution < 1.29 is 9.94 Å². The zero-order valence-corrected chi connectivity index (χ0v) is 13.9. The summed E-state index contributed by atoms with van der Waals surface area (Å²) < 4.78 is 5.27. The van der Waals surface area contributed by atoms with Gasteiger partial charge < -0.3 is 4.74 Å². The molecule has 0 bridgehead atoms. The summed E-state index contributed by atoms with van der Waals surface area (Å²) in [5.74, 6) is 0.768. The van der Waals surface area contributed by atoms with Crippen molar-refractivity contribution in [1.29, 1.82) is 0 Å². The second-order valence-corrected chi connectivity index (χ2v) is 6.05. The van der Waals surface area contributed by atoms with Gasteiger partial charge >= 0.3 is 0 Å². The summed E-state index contributed by atoms with van der Waals surface area (Å²) in [6.07, 6.45) is 4.01. The predicted molar refractivity (Wildman–Crippen MR) is 98.9 cm³/mol. The van der Waals surface area contributed by atoms with Crippen LogP contribution in [0.15, 0.2) is 84.9 Å². The van der Waals surface area contributed by atoms with Crippen molar-refractivity contribution in [2.75, 3.05) is 12.2 Å². The van der Waals surface area contributed by atoms with Crippen molar-refractivity contribution in [1.82, 2.24) is 0 Å². The van der Waals surface area contributed by atoms with Gasteiger partial charge in [-0.05, 0) is 35.4 Å². The molecule has 4 rings (SSSR count). The van der Waals surface area contributed by atoms with Crippen molar-refractivity contribution in [2.45, 2.75) is 5.54 Å². The Morgan fingerprint density at radius 3 is 2.16 bits per heavy atom. The van der Waals surface area contributed by atoms with Gasteiger partial charge in [-0.25, -0.2) is 5.06 Å². The minimum Gasteiger partial charge on any atom is -0.497 e. The second kappa shape index (κ2) is 6.11. The number of hydrogen-bond donors (Lipinski definition) is 0. The third-order valence-corrected chi connectivity index (χ3v) is 4.72. The third kappa shape index (κ3) is 2.41. The molecule has 3 heteroatoms. The Hall–Kier alpha value is -3.04. The standard InChI is InChI=1S/C22H18NO2/c1-25-20-13-11-19(12-14-20)22(18-8-3-2-4-9-18)16-15-17-7-5-6-10-21(17)23(22)24/h2-16H,1H3. The van der Waals surface area contributed by atoms with E-state index in [4.69, 9.17) is 4.74 Å². The van der Waals surface area contributed by atoms with Crippen molar-refractivity contribution >= 4 is 11.8 Å². The summed E-state index contributed by atoms with van der Waals surface area (Å²) in [6.45, 7) is 0. The van der Waals surface area contributed by atoms with Crippen LogP contribution in [0.3, 0.4) is 0 Å². The van der Waals surface area contributed by atoms with Crippen LogP contribution in [-0.4, -0.2) is 7.11 Å². The predicted octanol–water partition coefficient (Wildman–Crippen LogP) is 4.82. The van der Waals surface area contributed by atoms with Crippen molar-refractivity contribution in [2.24, 2.45) is 0 Å². The number of hydrogen-bond acceptors (Lipinski definition) is 2. The molecule has 1 heterocycles. The molecule has 123 valence electrons. The molecule has 3 aromatic rings. The number of para-hydroxylation sites is 1. The van der Waals surface area contributed by atoms with Crippen LogP contribution < -0.4 is 9.80 Å². The molecule has 1 aliphatic rings. The fourth-order valence-electron chi connectivity index (χ4n) is 3.41. The quantitative estimate of drug-likeness (QED) is 0.690. The molecule has 25 heavy (non-hydrogen) atoms. The summed E-state index contributed by atoms with van der Waals surface area (Å²) in [4.78, 5) is 0. The summed E-state index contributed by atoms with van der Waals surface area (Å²) >= 11 is 0. The number of anilines is 1. The zero-order valence-electron chi connectivity index (χ0n) is 13.9. The molecule has 3 nitrogen and oxygen atoms in total. The first-order valence-corrected chi connectivity index (χ1v) is 8.21. The molecule has 1 aliphatic heterocycles. The van der Waals surface area contributed by atoms with Gasteiger partial charge in [0, 0.05) is 5.56 Å². The topological polar surface area (TPSA) is 32.4 Å². The molecule has 0 amide bonds. The van der Waals surface area contributed by atoms with Crippen LogP contribution in [0.2, 0.25) is 0 Å². The minimum atomic E-state index is -0.901. The SMILES string of the molecule is COc1ccc(C2(c3ccccc3)C=Cc3ccccc3N2[O])cc1. The smallest absolute Gasteiger partial charge is 0.139 e. The van der Waals surface area contributed by atoms with Crippen molar-refractivity contribution in [3.63, 3.8) is 0 Å². The molecular weight excluding hydrogens is 310 g/mol. The van der Waals surface area contributed by atoms with E-state index in [1.807, 2.05) is 91.0 Å². The molecule has 1 radical (unpaired) electrons. The molecule has 1 unspecified atom stereocenters. The summed E-state index contributed by atoms with van der Waals surface area (Å²) in [7, 11) is 1.64. The van der Waals surface area contributed by atoms with Gasteiger partial charge in [0.15, 0.2) is 0 Å². The van der Waals surface area contributed by atoms with Crippen molar-refractivity contribution in [3.05, 3.63) is 102 Å². The molecule has 0 aromatic heterocycles. The van der Waals surface area contributed by atoms with Gasteiger partial charge in [0.1, 0.15) is 11.3 Å². The van der Waals surface area contributed by atoms with E-state index in [9.17, 15) is 5.21 Å². The Balaban J connectivity index is 1.95. The van der Waals surface area contributed by atoms with E-state index in [0.29, 0.717) is 5.69 Å². The largest absolute Gasteiger partial charge is 0.497 e. The van der Waals surface area contributed by atoms with E-state index >= 15 is 0 Å². The maximum absolute atomic E-state index is 13.5. The Bertz CT molecular complexity index is 903. The molecule has 0 saturated carbocycles. The molecule has 1 atom stereocenters. The van der Waals surface area contributed by atoms with Gasteiger partial charge in [0.2, 0.25) is 0 Å². The van der Waals surface area contributed by atoms with Gasteiger partial charge in [0.05, 0.1) is 12.8 Å². The van der Waals surface area contributed by atoms with Crippen LogP contribution >= 0.6 is 0 Å². The number of fused-ring (bicyclic) bond motifs is 1. The van der Waals surface area contributed by atoms with Crippen LogP contribution in [0.5, 0.6) is 5.75 Å². The number of hydroxylamine groups is 1. The highest BCUT2D eigenvalue weighted by Gasteiger charge is 2.42. The lowest BCUT2D eigenvalue weighted by molar-refractivity contribution is 0.113. The van der Waals surface area contributed by atoms with Gasteiger partial charge in [-0.3, -0.25) is 0 Å². The maximum Gasteiger partial charge on any atom is 0.139 e. The molecule has 3 aromatic carbocycles. The lowest BCUT2D eigenvalue weighted by Crippen LogP contribution is -2.44. The van der Waals surface area contributed by atoms with Gasteiger partial charge in [-0.15, -0.1) is 0 Å². The number of benzene rings is 3. The molecule has 0 spiro atoms.